The summed E-state index contributed by atoms with van der Waals surface area (Å²) in [7, 11) is 0. The standard InChI is InChI=1S/C20H23F3N4O2/c1-18(10-14(28)26-16(27-18)15(24)11-5-6-11)12-3-2-4-13(9-12)25-17(29)19(7-8-19)20(21,22)23/h2-4,9,11,15H,5-8,10,24H2,1H3,(H,25,29)(H,26,27,28)/t15?,18-/m0/s1. The zero-order chi connectivity index (χ0) is 21.0. The van der Waals surface area contributed by atoms with E-state index in [-0.39, 0.29) is 36.9 Å². The second-order valence-corrected chi connectivity index (χ2v) is 8.47. The molecule has 2 fully saturated rings. The average Bonchev–Trinajstić information content (AvgIpc) is 3.53. The predicted octanol–water partition coefficient (Wildman–Crippen LogP) is 2.84. The van der Waals surface area contributed by atoms with E-state index >= 15 is 0 Å². The first-order chi connectivity index (χ1) is 13.5. The molecule has 0 radical (unpaired) electrons. The summed E-state index contributed by atoms with van der Waals surface area (Å²) in [5.74, 6) is -0.514. The molecule has 0 spiro atoms. The molecule has 4 rings (SSSR count). The van der Waals surface area contributed by atoms with Crippen LogP contribution in [-0.4, -0.2) is 29.9 Å². The van der Waals surface area contributed by atoms with E-state index in [1.807, 2.05) is 0 Å². The zero-order valence-corrected chi connectivity index (χ0v) is 16.0. The van der Waals surface area contributed by atoms with Crippen molar-refractivity contribution >= 4 is 23.3 Å². The lowest BCUT2D eigenvalue weighted by Gasteiger charge is -2.33. The van der Waals surface area contributed by atoms with E-state index < -0.39 is 23.0 Å². The van der Waals surface area contributed by atoms with Crippen molar-refractivity contribution in [2.75, 3.05) is 5.32 Å². The molecule has 9 heteroatoms. The van der Waals surface area contributed by atoms with Gasteiger partial charge in [0.2, 0.25) is 11.8 Å². The molecule has 1 aromatic carbocycles. The van der Waals surface area contributed by atoms with Crippen LogP contribution >= 0.6 is 0 Å². The molecule has 0 bridgehead atoms. The van der Waals surface area contributed by atoms with E-state index in [4.69, 9.17) is 5.73 Å². The van der Waals surface area contributed by atoms with E-state index in [2.05, 4.69) is 15.6 Å². The van der Waals surface area contributed by atoms with Crippen LogP contribution in [0.5, 0.6) is 0 Å². The van der Waals surface area contributed by atoms with Crippen molar-refractivity contribution in [2.24, 2.45) is 22.1 Å². The highest BCUT2D eigenvalue weighted by Gasteiger charge is 2.68. The Hall–Kier alpha value is -2.42. The van der Waals surface area contributed by atoms with Crippen LogP contribution in [-0.2, 0) is 15.1 Å². The quantitative estimate of drug-likeness (QED) is 0.699. The topological polar surface area (TPSA) is 96.6 Å². The number of alkyl halides is 3. The van der Waals surface area contributed by atoms with Crippen LogP contribution in [0.3, 0.4) is 0 Å². The van der Waals surface area contributed by atoms with E-state index in [0.29, 0.717) is 17.3 Å². The van der Waals surface area contributed by atoms with Gasteiger partial charge in [0.05, 0.1) is 18.0 Å². The van der Waals surface area contributed by atoms with E-state index in [0.717, 1.165) is 12.8 Å². The Morgan fingerprint density at radius 1 is 1.34 bits per heavy atom. The summed E-state index contributed by atoms with van der Waals surface area (Å²) in [5, 5.41) is 5.13. The minimum atomic E-state index is -4.57. The monoisotopic (exact) mass is 408 g/mol. The molecule has 2 saturated carbocycles. The number of nitrogens with zero attached hydrogens (tertiary/aromatic N) is 1. The van der Waals surface area contributed by atoms with Crippen molar-refractivity contribution in [3.63, 3.8) is 0 Å². The van der Waals surface area contributed by atoms with Gasteiger partial charge in [-0.1, -0.05) is 12.1 Å². The highest BCUT2D eigenvalue weighted by molar-refractivity contribution is 6.03. The van der Waals surface area contributed by atoms with Crippen LogP contribution < -0.4 is 16.4 Å². The molecule has 2 aliphatic carbocycles. The van der Waals surface area contributed by atoms with Gasteiger partial charge >= 0.3 is 6.18 Å². The number of hydrogen-bond donors (Lipinski definition) is 3. The van der Waals surface area contributed by atoms with Gasteiger partial charge in [0.15, 0.2) is 0 Å². The number of halogens is 3. The Bertz CT molecular complexity index is 890. The number of aliphatic imine (C=N–C) groups is 1. The Labute approximate surface area is 166 Å². The fourth-order valence-corrected chi connectivity index (χ4v) is 3.78. The molecule has 2 amide bonds. The van der Waals surface area contributed by atoms with Crippen molar-refractivity contribution in [3.05, 3.63) is 29.8 Å². The van der Waals surface area contributed by atoms with E-state index in [1.165, 1.54) is 6.07 Å². The summed E-state index contributed by atoms with van der Waals surface area (Å²) in [5.41, 5.74) is 3.87. The lowest BCUT2D eigenvalue weighted by Crippen LogP contribution is -2.51. The molecule has 4 N–H and O–H groups in total. The number of anilines is 1. The smallest absolute Gasteiger partial charge is 0.325 e. The second-order valence-electron chi connectivity index (χ2n) is 8.47. The van der Waals surface area contributed by atoms with E-state index in [9.17, 15) is 22.8 Å². The average molecular weight is 408 g/mol. The van der Waals surface area contributed by atoms with Gasteiger partial charge in [-0.3, -0.25) is 14.6 Å². The lowest BCUT2D eigenvalue weighted by molar-refractivity contribution is -0.189. The van der Waals surface area contributed by atoms with Crippen LogP contribution in [0.25, 0.3) is 0 Å². The van der Waals surface area contributed by atoms with Crippen molar-refractivity contribution in [2.45, 2.75) is 56.8 Å². The van der Waals surface area contributed by atoms with Gasteiger partial charge in [-0.25, -0.2) is 0 Å². The third-order valence-electron chi connectivity index (χ3n) is 6.05. The first-order valence-electron chi connectivity index (χ1n) is 9.68. The molecular weight excluding hydrogens is 385 g/mol. The van der Waals surface area contributed by atoms with Crippen molar-refractivity contribution in [3.8, 4) is 0 Å². The Kier molecular flexibility index (Phi) is 4.49. The molecule has 1 heterocycles. The largest absolute Gasteiger partial charge is 0.403 e. The minimum absolute atomic E-state index is 0.0811. The fraction of sp³-hybridized carbons (Fsp3) is 0.550. The highest BCUT2D eigenvalue weighted by atomic mass is 19.4. The molecule has 1 aromatic rings. The molecule has 1 aliphatic heterocycles. The zero-order valence-electron chi connectivity index (χ0n) is 16.0. The van der Waals surface area contributed by atoms with Crippen molar-refractivity contribution < 1.29 is 22.8 Å². The SMILES string of the molecule is C[C@@]1(c2cccc(NC(=O)C3(C(F)(F)F)CC3)c2)CC(=O)NC(C(N)C2CC2)=N1. The maximum absolute atomic E-state index is 13.2. The number of carbonyl (C=O) groups excluding carboxylic acids is 2. The molecule has 0 aromatic heterocycles. The van der Waals surface area contributed by atoms with Crippen LogP contribution in [0.1, 0.15) is 44.6 Å². The van der Waals surface area contributed by atoms with Crippen LogP contribution in [0, 0.1) is 11.3 Å². The van der Waals surface area contributed by atoms with Crippen molar-refractivity contribution in [1.82, 2.24) is 5.32 Å². The highest BCUT2D eigenvalue weighted by Crippen LogP contribution is 2.58. The normalized spacial score (nSPS) is 26.9. The second kappa shape index (κ2) is 6.55. The number of benzene rings is 1. The number of carbonyl (C=O) groups is 2. The van der Waals surface area contributed by atoms with Crippen LogP contribution in [0.4, 0.5) is 18.9 Å². The molecule has 1 unspecified atom stereocenters. The predicted molar refractivity (Wildman–Crippen MR) is 101 cm³/mol. The lowest BCUT2D eigenvalue weighted by atomic mass is 9.87. The summed E-state index contributed by atoms with van der Waals surface area (Å²) in [4.78, 5) is 29.2. The number of rotatable bonds is 5. The summed E-state index contributed by atoms with van der Waals surface area (Å²) in [6.07, 6.45) is -2.90. The Morgan fingerprint density at radius 2 is 2.03 bits per heavy atom. The van der Waals surface area contributed by atoms with E-state index in [1.54, 1.807) is 25.1 Å². The van der Waals surface area contributed by atoms with Gasteiger partial charge in [-0.15, -0.1) is 0 Å². The molecule has 29 heavy (non-hydrogen) atoms. The van der Waals surface area contributed by atoms with Gasteiger partial charge < -0.3 is 16.4 Å². The molecule has 6 nitrogen and oxygen atoms in total. The number of hydrogen-bond acceptors (Lipinski definition) is 4. The molecular formula is C20H23F3N4O2. The summed E-state index contributed by atoms with van der Waals surface area (Å²) in [6.45, 7) is 1.78. The molecule has 2 atom stereocenters. The molecule has 3 aliphatic rings. The van der Waals surface area contributed by atoms with Gasteiger partial charge in [-0.05, 0) is 56.2 Å². The van der Waals surface area contributed by atoms with Gasteiger partial charge in [-0.2, -0.15) is 13.2 Å². The minimum Gasteiger partial charge on any atom is -0.325 e. The van der Waals surface area contributed by atoms with Crippen LogP contribution in [0.2, 0.25) is 0 Å². The number of nitrogens with one attached hydrogen (secondary N) is 2. The number of nitrogens with two attached hydrogens (primary N) is 1. The third kappa shape index (κ3) is 3.63. The summed E-state index contributed by atoms with van der Waals surface area (Å²) < 4.78 is 39.5. The number of amidine groups is 1. The first kappa shape index (κ1) is 19.9. The fourth-order valence-electron chi connectivity index (χ4n) is 3.78. The first-order valence-corrected chi connectivity index (χ1v) is 9.68. The van der Waals surface area contributed by atoms with Gasteiger partial charge in [0.25, 0.3) is 0 Å². The Balaban J connectivity index is 1.58. The van der Waals surface area contributed by atoms with Gasteiger partial charge in [0.1, 0.15) is 11.3 Å². The maximum atomic E-state index is 13.2. The summed E-state index contributed by atoms with van der Waals surface area (Å²) in [6, 6.07) is 6.14. The molecule has 156 valence electrons. The van der Waals surface area contributed by atoms with Crippen molar-refractivity contribution in [1.29, 1.82) is 0 Å². The van der Waals surface area contributed by atoms with Crippen LogP contribution in [0.15, 0.2) is 29.3 Å². The third-order valence-corrected chi connectivity index (χ3v) is 6.05. The summed E-state index contributed by atoms with van der Waals surface area (Å²) >= 11 is 0. The van der Waals surface area contributed by atoms with Gasteiger partial charge in [0, 0.05) is 5.69 Å². The number of amides is 2. The molecule has 0 saturated heterocycles. The maximum Gasteiger partial charge on any atom is 0.403 e. The Morgan fingerprint density at radius 3 is 2.62 bits per heavy atom.